The van der Waals surface area contributed by atoms with Gasteiger partial charge in [0.25, 0.3) is 0 Å². The van der Waals surface area contributed by atoms with Crippen molar-refractivity contribution in [1.29, 1.82) is 0 Å². The number of carbonyl (C=O) groups excluding carboxylic acids is 2. The first-order valence-corrected chi connectivity index (χ1v) is 11.9. The largest absolute Gasteiger partial charge is 0.339 e. The van der Waals surface area contributed by atoms with Crippen molar-refractivity contribution in [3.05, 3.63) is 88.9 Å². The second-order valence-electron chi connectivity index (χ2n) is 7.34. The van der Waals surface area contributed by atoms with Crippen LogP contribution in [0, 0.1) is 0 Å². The molecule has 0 amide bonds. The van der Waals surface area contributed by atoms with E-state index in [-0.39, 0.29) is 11.1 Å². The van der Waals surface area contributed by atoms with Gasteiger partial charge < -0.3 is 4.98 Å². The molecule has 0 radical (unpaired) electrons. The molecule has 0 aliphatic heterocycles. The lowest BCUT2D eigenvalue weighted by molar-refractivity contribution is 0.0818. The monoisotopic (exact) mass is 466 g/mol. The molecule has 162 valence electrons. The summed E-state index contributed by atoms with van der Waals surface area (Å²) in [5, 5.41) is 0.983. The second kappa shape index (κ2) is 8.26. The van der Waals surface area contributed by atoms with Crippen LogP contribution in [0.15, 0.2) is 72.8 Å². The van der Waals surface area contributed by atoms with Crippen LogP contribution in [-0.2, 0) is 10.0 Å². The Bertz CT molecular complexity index is 1460. The minimum Gasteiger partial charge on any atom is -0.339 e. The molecule has 4 rings (SSSR count). The van der Waals surface area contributed by atoms with E-state index in [1.54, 1.807) is 30.3 Å². The minimum absolute atomic E-state index is 0.151. The molecule has 1 heterocycles. The van der Waals surface area contributed by atoms with Crippen LogP contribution < -0.4 is 4.31 Å². The predicted octanol–water partition coefficient (Wildman–Crippen LogP) is 4.95. The number of aromatic amines is 1. The normalized spacial score (nSPS) is 11.5. The number of halogens is 1. The number of hydrogen-bond acceptors (Lipinski definition) is 4. The summed E-state index contributed by atoms with van der Waals surface area (Å²) < 4.78 is 25.7. The van der Waals surface area contributed by atoms with E-state index in [9.17, 15) is 18.0 Å². The van der Waals surface area contributed by atoms with Crippen LogP contribution >= 0.6 is 11.6 Å². The van der Waals surface area contributed by atoms with Gasteiger partial charge in [0.1, 0.15) is 5.82 Å². The van der Waals surface area contributed by atoms with E-state index >= 15 is 0 Å². The van der Waals surface area contributed by atoms with Crippen LogP contribution in [0.4, 0.5) is 5.82 Å². The van der Waals surface area contributed by atoms with Crippen LogP contribution in [0.1, 0.15) is 20.7 Å². The lowest BCUT2D eigenvalue weighted by Gasteiger charge is -2.17. The quantitative estimate of drug-likeness (QED) is 0.321. The number of ketones is 2. The molecule has 0 unspecified atom stereocenters. The van der Waals surface area contributed by atoms with Gasteiger partial charge in [-0.15, -0.1) is 0 Å². The molecular weight excluding hydrogens is 448 g/mol. The van der Waals surface area contributed by atoms with Crippen molar-refractivity contribution < 1.29 is 18.0 Å². The van der Waals surface area contributed by atoms with Gasteiger partial charge in [-0.1, -0.05) is 66.2 Å². The summed E-state index contributed by atoms with van der Waals surface area (Å²) in [7, 11) is -2.16. The van der Waals surface area contributed by atoms with E-state index in [0.717, 1.165) is 16.1 Å². The third-order valence-electron chi connectivity index (χ3n) is 5.23. The van der Waals surface area contributed by atoms with Crippen LogP contribution in [0.2, 0.25) is 5.02 Å². The smallest absolute Gasteiger partial charge is 0.235 e. The fraction of sp³-hybridized carbons (Fsp3) is 0.0833. The van der Waals surface area contributed by atoms with Gasteiger partial charge in [0, 0.05) is 28.6 Å². The Balaban J connectivity index is 1.94. The van der Waals surface area contributed by atoms with Crippen molar-refractivity contribution in [2.45, 2.75) is 0 Å². The van der Waals surface area contributed by atoms with E-state index in [2.05, 4.69) is 4.98 Å². The van der Waals surface area contributed by atoms with Crippen LogP contribution in [0.5, 0.6) is 0 Å². The molecule has 32 heavy (non-hydrogen) atoms. The Kier molecular flexibility index (Phi) is 5.62. The molecule has 1 N–H and O–H groups in total. The van der Waals surface area contributed by atoms with Crippen LogP contribution in [0.25, 0.3) is 22.0 Å². The second-order valence-corrected chi connectivity index (χ2v) is 9.79. The number of fused-ring (bicyclic) bond motifs is 1. The molecule has 6 nitrogen and oxygen atoms in total. The third kappa shape index (κ3) is 3.92. The number of H-pyrrole nitrogens is 1. The van der Waals surface area contributed by atoms with Crippen molar-refractivity contribution in [3.8, 4) is 11.1 Å². The van der Waals surface area contributed by atoms with Crippen molar-refractivity contribution in [2.24, 2.45) is 0 Å². The maximum Gasteiger partial charge on any atom is 0.235 e. The average Bonchev–Trinajstić information content (AvgIpc) is 3.17. The molecule has 1 aromatic heterocycles. The summed E-state index contributed by atoms with van der Waals surface area (Å²) in [4.78, 5) is 29.1. The number of nitrogens with one attached hydrogen (secondary N) is 1. The SMILES string of the molecule is CN(c1[nH]c2c(C(=O)C(=O)c3cccc(Cl)c3)cccc2c1-c1ccccc1)S(C)(=O)=O. The number of hydrogen-bond donors (Lipinski definition) is 1. The van der Waals surface area contributed by atoms with Crippen molar-refractivity contribution in [2.75, 3.05) is 17.6 Å². The van der Waals surface area contributed by atoms with Gasteiger partial charge in [-0.2, -0.15) is 0 Å². The van der Waals surface area contributed by atoms with Gasteiger partial charge in [-0.05, 0) is 23.8 Å². The third-order valence-corrected chi connectivity index (χ3v) is 6.64. The van der Waals surface area contributed by atoms with Gasteiger partial charge >= 0.3 is 0 Å². The first-order chi connectivity index (χ1) is 15.2. The molecular formula is C24H19ClN2O4S. The van der Waals surface area contributed by atoms with E-state index in [0.29, 0.717) is 27.3 Å². The summed E-state index contributed by atoms with van der Waals surface area (Å²) in [5.41, 5.74) is 2.12. The number of para-hydroxylation sites is 1. The highest BCUT2D eigenvalue weighted by atomic mass is 35.5. The van der Waals surface area contributed by atoms with E-state index in [1.165, 1.54) is 19.2 Å². The summed E-state index contributed by atoms with van der Waals surface area (Å²) in [6.45, 7) is 0. The summed E-state index contributed by atoms with van der Waals surface area (Å²) >= 11 is 5.97. The maximum atomic E-state index is 13.1. The molecule has 0 aliphatic rings. The summed E-state index contributed by atoms with van der Waals surface area (Å²) in [6.07, 6.45) is 1.10. The summed E-state index contributed by atoms with van der Waals surface area (Å²) in [5.74, 6) is -1.11. The Morgan fingerprint density at radius 2 is 1.59 bits per heavy atom. The molecule has 0 fully saturated rings. The van der Waals surface area contributed by atoms with Crippen molar-refractivity contribution >= 4 is 49.9 Å². The predicted molar refractivity (Wildman–Crippen MR) is 127 cm³/mol. The average molecular weight is 467 g/mol. The molecule has 0 aliphatic carbocycles. The molecule has 4 aromatic rings. The van der Waals surface area contributed by atoms with E-state index < -0.39 is 21.6 Å². The zero-order chi connectivity index (χ0) is 23.0. The zero-order valence-electron chi connectivity index (χ0n) is 17.3. The Morgan fingerprint density at radius 1 is 0.906 bits per heavy atom. The van der Waals surface area contributed by atoms with Crippen molar-refractivity contribution in [1.82, 2.24) is 4.98 Å². The Hall–Kier alpha value is -3.42. The molecule has 0 bridgehead atoms. The molecule has 0 saturated heterocycles. The molecule has 0 atom stereocenters. The number of sulfonamides is 1. The van der Waals surface area contributed by atoms with Gasteiger partial charge in [0.2, 0.25) is 21.6 Å². The Labute approximate surface area is 190 Å². The highest BCUT2D eigenvalue weighted by Crippen LogP contribution is 2.39. The number of aromatic nitrogens is 1. The highest BCUT2D eigenvalue weighted by molar-refractivity contribution is 7.92. The van der Waals surface area contributed by atoms with Crippen molar-refractivity contribution in [3.63, 3.8) is 0 Å². The van der Waals surface area contributed by atoms with Crippen LogP contribution in [0.3, 0.4) is 0 Å². The first kappa shape index (κ1) is 21.8. The fourth-order valence-corrected chi connectivity index (χ4v) is 4.23. The molecule has 8 heteroatoms. The fourth-order valence-electron chi connectivity index (χ4n) is 3.58. The standard InChI is InChI=1S/C24H19ClN2O4S/c1-27(32(2,30)31)24-20(15-8-4-3-5-9-15)18-12-7-13-19(21(18)26-24)23(29)22(28)16-10-6-11-17(25)14-16/h3-14,26H,1-2H3. The van der Waals surface area contributed by atoms with E-state index in [1.807, 2.05) is 30.3 Å². The molecule has 0 spiro atoms. The number of Topliss-reactive ketones (excluding diaryl/α,β-unsaturated/α-hetero) is 2. The first-order valence-electron chi connectivity index (χ1n) is 9.67. The number of rotatable bonds is 6. The van der Waals surface area contributed by atoms with Gasteiger partial charge in [0.05, 0.1) is 17.3 Å². The maximum absolute atomic E-state index is 13.1. The highest BCUT2D eigenvalue weighted by Gasteiger charge is 2.26. The lowest BCUT2D eigenvalue weighted by atomic mass is 9.97. The summed E-state index contributed by atoms with van der Waals surface area (Å²) in [6, 6.07) is 20.4. The lowest BCUT2D eigenvalue weighted by Crippen LogP contribution is -2.25. The van der Waals surface area contributed by atoms with Crippen LogP contribution in [-0.4, -0.2) is 38.3 Å². The number of benzene rings is 3. The Morgan fingerprint density at radius 3 is 2.25 bits per heavy atom. The molecule has 0 saturated carbocycles. The van der Waals surface area contributed by atoms with Gasteiger partial charge in [-0.25, -0.2) is 8.42 Å². The number of nitrogens with zero attached hydrogens (tertiary/aromatic N) is 1. The topological polar surface area (TPSA) is 87.3 Å². The minimum atomic E-state index is -3.60. The number of carbonyl (C=O) groups is 2. The van der Waals surface area contributed by atoms with Gasteiger partial charge in [-0.3, -0.25) is 13.9 Å². The number of anilines is 1. The van der Waals surface area contributed by atoms with Gasteiger partial charge in [0.15, 0.2) is 0 Å². The van der Waals surface area contributed by atoms with E-state index in [4.69, 9.17) is 11.6 Å². The zero-order valence-corrected chi connectivity index (χ0v) is 18.9. The molecule has 3 aromatic carbocycles.